The fourth-order valence-electron chi connectivity index (χ4n) is 1.39. The number of Topliss-reactive ketones (excluding diaryl/α,β-unsaturated/α-hetero) is 1. The van der Waals surface area contributed by atoms with Crippen LogP contribution in [0.5, 0.6) is 17.2 Å². The molecule has 0 bridgehead atoms. The summed E-state index contributed by atoms with van der Waals surface area (Å²) in [6.45, 7) is 1.72. The second-order valence-electron chi connectivity index (χ2n) is 3.68. The molecule has 0 amide bonds. The Bertz CT molecular complexity index is 534. The molecule has 88 valence electrons. The van der Waals surface area contributed by atoms with E-state index in [1.165, 1.54) is 23.9 Å². The van der Waals surface area contributed by atoms with Crippen LogP contribution < -0.4 is 4.74 Å². The summed E-state index contributed by atoms with van der Waals surface area (Å²) >= 11 is 0. The van der Waals surface area contributed by atoms with Crippen LogP contribution in [0.4, 0.5) is 0 Å². The molecule has 0 aliphatic heterocycles. The molecule has 0 saturated heterocycles. The minimum atomic E-state index is 0.0250. The van der Waals surface area contributed by atoms with Gasteiger partial charge in [0.25, 0.3) is 0 Å². The minimum absolute atomic E-state index is 0.0250. The van der Waals surface area contributed by atoms with Gasteiger partial charge in [-0.2, -0.15) is 5.10 Å². The first-order valence-corrected chi connectivity index (χ1v) is 5.12. The molecule has 0 aliphatic rings. The lowest BCUT2D eigenvalue weighted by atomic mass is 10.3. The molecule has 17 heavy (non-hydrogen) atoms. The summed E-state index contributed by atoms with van der Waals surface area (Å²) in [6, 6.07) is 6.47. The second kappa shape index (κ2) is 4.69. The van der Waals surface area contributed by atoms with Crippen LogP contribution in [0.15, 0.2) is 36.7 Å². The summed E-state index contributed by atoms with van der Waals surface area (Å²) in [7, 11) is 0. The molecule has 2 rings (SSSR count). The molecule has 1 heterocycles. The molecule has 0 atom stereocenters. The molecule has 0 fully saturated rings. The lowest BCUT2D eigenvalue weighted by Gasteiger charge is -2.02. The van der Waals surface area contributed by atoms with Gasteiger partial charge in [-0.3, -0.25) is 9.48 Å². The van der Waals surface area contributed by atoms with Crippen molar-refractivity contribution in [2.24, 2.45) is 0 Å². The molecule has 1 aromatic heterocycles. The van der Waals surface area contributed by atoms with Crippen LogP contribution in [-0.4, -0.2) is 20.7 Å². The Morgan fingerprint density at radius 1 is 1.47 bits per heavy atom. The van der Waals surface area contributed by atoms with Gasteiger partial charge in [0.1, 0.15) is 11.5 Å². The monoisotopic (exact) mass is 232 g/mol. The third-order valence-electron chi connectivity index (χ3n) is 2.05. The number of aromatic nitrogens is 2. The highest BCUT2D eigenvalue weighted by molar-refractivity contribution is 5.75. The van der Waals surface area contributed by atoms with Crippen LogP contribution in [0.2, 0.25) is 0 Å². The molecule has 1 aromatic carbocycles. The van der Waals surface area contributed by atoms with Crippen LogP contribution in [0, 0.1) is 0 Å². The van der Waals surface area contributed by atoms with Crippen molar-refractivity contribution in [3.8, 4) is 17.2 Å². The highest BCUT2D eigenvalue weighted by Crippen LogP contribution is 2.23. The number of carbonyl (C=O) groups excluding carboxylic acids is 1. The predicted molar refractivity (Wildman–Crippen MR) is 61.1 cm³/mol. The summed E-state index contributed by atoms with van der Waals surface area (Å²) in [5.41, 5.74) is 0. The summed E-state index contributed by atoms with van der Waals surface area (Å²) in [4.78, 5) is 10.9. The van der Waals surface area contributed by atoms with Crippen molar-refractivity contribution in [3.63, 3.8) is 0 Å². The Hall–Kier alpha value is -2.30. The third kappa shape index (κ3) is 3.07. The van der Waals surface area contributed by atoms with Crippen molar-refractivity contribution < 1.29 is 14.6 Å². The van der Waals surface area contributed by atoms with Crippen molar-refractivity contribution in [3.05, 3.63) is 36.7 Å². The highest BCUT2D eigenvalue weighted by atomic mass is 16.5. The average Bonchev–Trinajstić information content (AvgIpc) is 2.64. The average molecular weight is 232 g/mol. The first kappa shape index (κ1) is 11.2. The molecule has 5 heteroatoms. The van der Waals surface area contributed by atoms with Crippen LogP contribution >= 0.6 is 0 Å². The number of ketones is 1. The fourth-order valence-corrected chi connectivity index (χ4v) is 1.39. The van der Waals surface area contributed by atoms with Gasteiger partial charge >= 0.3 is 0 Å². The van der Waals surface area contributed by atoms with Crippen molar-refractivity contribution in [2.75, 3.05) is 0 Å². The van der Waals surface area contributed by atoms with Crippen LogP contribution in [0.1, 0.15) is 6.92 Å². The van der Waals surface area contributed by atoms with Crippen LogP contribution in [-0.2, 0) is 11.3 Å². The van der Waals surface area contributed by atoms with Gasteiger partial charge in [-0.1, -0.05) is 6.07 Å². The Morgan fingerprint density at radius 2 is 2.29 bits per heavy atom. The topological polar surface area (TPSA) is 64.3 Å². The Labute approximate surface area is 98.3 Å². The van der Waals surface area contributed by atoms with E-state index in [1.807, 2.05) is 0 Å². The highest BCUT2D eigenvalue weighted by Gasteiger charge is 2.03. The maximum atomic E-state index is 10.9. The molecular weight excluding hydrogens is 220 g/mol. The third-order valence-corrected chi connectivity index (χ3v) is 2.05. The normalized spacial score (nSPS) is 10.2. The SMILES string of the molecule is CC(=O)Cn1cc(Oc2cccc(O)c2)cn1. The molecule has 1 N–H and O–H groups in total. The van der Waals surface area contributed by atoms with Gasteiger partial charge in [-0.15, -0.1) is 0 Å². The summed E-state index contributed by atoms with van der Waals surface area (Å²) in [5, 5.41) is 13.3. The summed E-state index contributed by atoms with van der Waals surface area (Å²) in [6.07, 6.45) is 3.15. The second-order valence-corrected chi connectivity index (χ2v) is 3.68. The molecule has 0 aliphatic carbocycles. The number of phenols is 1. The van der Waals surface area contributed by atoms with E-state index in [4.69, 9.17) is 4.74 Å². The number of ether oxygens (including phenoxy) is 1. The van der Waals surface area contributed by atoms with Crippen molar-refractivity contribution in [1.82, 2.24) is 9.78 Å². The van der Waals surface area contributed by atoms with E-state index in [9.17, 15) is 9.90 Å². The van der Waals surface area contributed by atoms with Gasteiger partial charge in [-0.05, 0) is 19.1 Å². The van der Waals surface area contributed by atoms with Crippen LogP contribution in [0.3, 0.4) is 0 Å². The number of benzene rings is 1. The van der Waals surface area contributed by atoms with Gasteiger partial charge in [0.15, 0.2) is 11.5 Å². The minimum Gasteiger partial charge on any atom is -0.508 e. The Morgan fingerprint density at radius 3 is 3.00 bits per heavy atom. The maximum Gasteiger partial charge on any atom is 0.165 e. The molecule has 0 spiro atoms. The lowest BCUT2D eigenvalue weighted by molar-refractivity contribution is -0.117. The number of phenolic OH excluding ortho intramolecular Hbond substituents is 1. The van der Waals surface area contributed by atoms with E-state index in [-0.39, 0.29) is 18.1 Å². The van der Waals surface area contributed by atoms with E-state index in [2.05, 4.69) is 5.10 Å². The van der Waals surface area contributed by atoms with Gasteiger partial charge < -0.3 is 9.84 Å². The first-order chi connectivity index (χ1) is 8.13. The van der Waals surface area contributed by atoms with E-state index in [0.29, 0.717) is 11.5 Å². The number of nitrogens with zero attached hydrogens (tertiary/aromatic N) is 2. The summed E-state index contributed by atoms with van der Waals surface area (Å²) in [5.74, 6) is 1.21. The molecule has 5 nitrogen and oxygen atoms in total. The van der Waals surface area contributed by atoms with E-state index >= 15 is 0 Å². The number of aromatic hydroxyl groups is 1. The van der Waals surface area contributed by atoms with Crippen LogP contribution in [0.25, 0.3) is 0 Å². The van der Waals surface area contributed by atoms with E-state index in [1.54, 1.807) is 24.4 Å². The Kier molecular flexibility index (Phi) is 3.09. The zero-order valence-electron chi connectivity index (χ0n) is 9.33. The maximum absolute atomic E-state index is 10.9. The number of hydrogen-bond donors (Lipinski definition) is 1. The number of carbonyl (C=O) groups is 1. The van der Waals surface area contributed by atoms with Gasteiger partial charge in [0.05, 0.1) is 18.9 Å². The van der Waals surface area contributed by atoms with Gasteiger partial charge in [-0.25, -0.2) is 0 Å². The number of hydrogen-bond acceptors (Lipinski definition) is 4. The standard InChI is InChI=1S/C12H12N2O3/c1-9(15)7-14-8-12(6-13-14)17-11-4-2-3-10(16)5-11/h2-6,8,16H,7H2,1H3. The first-order valence-electron chi connectivity index (χ1n) is 5.12. The van der Waals surface area contributed by atoms with Gasteiger partial charge in [0, 0.05) is 6.07 Å². The van der Waals surface area contributed by atoms with E-state index < -0.39 is 0 Å². The smallest absolute Gasteiger partial charge is 0.165 e. The largest absolute Gasteiger partial charge is 0.508 e. The molecular formula is C12H12N2O3. The molecule has 0 saturated carbocycles. The summed E-state index contributed by atoms with van der Waals surface area (Å²) < 4.78 is 6.97. The fraction of sp³-hybridized carbons (Fsp3) is 0.167. The van der Waals surface area contributed by atoms with E-state index in [0.717, 1.165) is 0 Å². The molecule has 2 aromatic rings. The van der Waals surface area contributed by atoms with Gasteiger partial charge in [0.2, 0.25) is 0 Å². The van der Waals surface area contributed by atoms with Crippen molar-refractivity contribution in [1.29, 1.82) is 0 Å². The zero-order valence-corrected chi connectivity index (χ0v) is 9.33. The quantitative estimate of drug-likeness (QED) is 0.875. The molecule has 0 radical (unpaired) electrons. The van der Waals surface area contributed by atoms with Crippen molar-refractivity contribution >= 4 is 5.78 Å². The Balaban J connectivity index is 2.08. The van der Waals surface area contributed by atoms with Crippen molar-refractivity contribution in [2.45, 2.75) is 13.5 Å². The predicted octanol–water partition coefficient (Wildman–Crippen LogP) is 1.97. The number of rotatable bonds is 4. The molecule has 0 unspecified atom stereocenters. The lowest BCUT2D eigenvalue weighted by Crippen LogP contribution is -2.05. The zero-order chi connectivity index (χ0) is 12.3.